The summed E-state index contributed by atoms with van der Waals surface area (Å²) >= 11 is 11.0. The van der Waals surface area contributed by atoms with Crippen LogP contribution in [0.5, 0.6) is 11.5 Å². The van der Waals surface area contributed by atoms with Crippen LogP contribution in [0.25, 0.3) is 0 Å². The van der Waals surface area contributed by atoms with Crippen LogP contribution in [0.1, 0.15) is 21.5 Å². The van der Waals surface area contributed by atoms with Gasteiger partial charge in [-0.05, 0) is 47.9 Å². The van der Waals surface area contributed by atoms with E-state index in [9.17, 15) is 0 Å². The van der Waals surface area contributed by atoms with E-state index < -0.39 is 0 Å². The molecule has 1 aliphatic rings. The van der Waals surface area contributed by atoms with Crippen molar-refractivity contribution in [3.8, 4) is 11.5 Å². The van der Waals surface area contributed by atoms with Gasteiger partial charge in [-0.25, -0.2) is 0 Å². The minimum Gasteiger partial charge on any atom is -0.486 e. The zero-order valence-electron chi connectivity index (χ0n) is 11.3. The molecular formula is C16H13Br3O2. The van der Waals surface area contributed by atoms with Crippen molar-refractivity contribution in [3.63, 3.8) is 0 Å². The first-order valence-electron chi connectivity index (χ1n) is 6.55. The Hall–Kier alpha value is -0.520. The number of hydrogen-bond acceptors (Lipinski definition) is 2. The number of ether oxygens (including phenoxy) is 2. The number of alkyl halides is 1. The molecule has 21 heavy (non-hydrogen) atoms. The maximum Gasteiger partial charge on any atom is 0.162 e. The van der Waals surface area contributed by atoms with Crippen LogP contribution in [0, 0.1) is 6.92 Å². The first kappa shape index (κ1) is 15.4. The van der Waals surface area contributed by atoms with Crippen molar-refractivity contribution in [2.75, 3.05) is 13.2 Å². The molecule has 2 aromatic rings. The molecule has 2 aromatic carbocycles. The maximum atomic E-state index is 5.68. The third-order valence-corrected chi connectivity index (χ3v) is 5.46. The summed E-state index contributed by atoms with van der Waals surface area (Å²) in [5.74, 6) is 1.60. The Balaban J connectivity index is 2.02. The Morgan fingerprint density at radius 3 is 2.29 bits per heavy atom. The van der Waals surface area contributed by atoms with Crippen LogP contribution in [-0.4, -0.2) is 13.2 Å². The van der Waals surface area contributed by atoms with Crippen LogP contribution in [0.15, 0.2) is 39.3 Å². The Bertz CT molecular complexity index is 665. The quantitative estimate of drug-likeness (QED) is 0.512. The van der Waals surface area contributed by atoms with E-state index in [1.165, 1.54) is 11.1 Å². The molecule has 2 nitrogen and oxygen atoms in total. The van der Waals surface area contributed by atoms with Gasteiger partial charge in [-0.3, -0.25) is 0 Å². The molecule has 1 atom stereocenters. The minimum absolute atomic E-state index is 0.0823. The van der Waals surface area contributed by atoms with Crippen molar-refractivity contribution in [1.29, 1.82) is 0 Å². The Morgan fingerprint density at radius 2 is 1.62 bits per heavy atom. The summed E-state index contributed by atoms with van der Waals surface area (Å²) in [4.78, 5) is 0.0823. The summed E-state index contributed by atoms with van der Waals surface area (Å²) in [5.41, 5.74) is 3.54. The van der Waals surface area contributed by atoms with Crippen LogP contribution < -0.4 is 9.47 Å². The van der Waals surface area contributed by atoms with Crippen LogP contribution in [-0.2, 0) is 0 Å². The first-order chi connectivity index (χ1) is 10.0. The molecule has 1 aliphatic heterocycles. The second-order valence-electron chi connectivity index (χ2n) is 4.94. The standard InChI is InChI=1S/C16H13Br3O2/c1-9-4-10(6-11(17)5-9)16(19)12-7-14-15(8-13(12)18)21-3-2-20-14/h4-8,16H,2-3H2,1H3. The predicted octanol–water partition coefficient (Wildman–Crippen LogP) is 5.78. The van der Waals surface area contributed by atoms with Crippen molar-refractivity contribution in [2.45, 2.75) is 11.8 Å². The Kier molecular flexibility index (Phi) is 4.62. The third-order valence-electron chi connectivity index (χ3n) is 3.29. The average molecular weight is 477 g/mol. The molecule has 0 saturated carbocycles. The van der Waals surface area contributed by atoms with Gasteiger partial charge in [0.25, 0.3) is 0 Å². The monoisotopic (exact) mass is 474 g/mol. The summed E-state index contributed by atoms with van der Waals surface area (Å²) in [6.45, 7) is 3.28. The van der Waals surface area contributed by atoms with Gasteiger partial charge in [0.1, 0.15) is 13.2 Å². The zero-order valence-corrected chi connectivity index (χ0v) is 16.1. The maximum absolute atomic E-state index is 5.68. The molecular weight excluding hydrogens is 464 g/mol. The van der Waals surface area contributed by atoms with Crippen molar-refractivity contribution in [3.05, 3.63) is 56.0 Å². The van der Waals surface area contributed by atoms with E-state index in [1.54, 1.807) is 0 Å². The molecule has 1 unspecified atom stereocenters. The summed E-state index contributed by atoms with van der Waals surface area (Å²) in [6, 6.07) is 10.4. The van der Waals surface area contributed by atoms with Crippen LogP contribution in [0.4, 0.5) is 0 Å². The molecule has 0 spiro atoms. The smallest absolute Gasteiger partial charge is 0.162 e. The lowest BCUT2D eigenvalue weighted by Gasteiger charge is -2.22. The van der Waals surface area contributed by atoms with E-state index >= 15 is 0 Å². The molecule has 0 saturated heterocycles. The highest BCUT2D eigenvalue weighted by atomic mass is 79.9. The van der Waals surface area contributed by atoms with E-state index in [-0.39, 0.29) is 4.83 Å². The molecule has 110 valence electrons. The fourth-order valence-corrected chi connectivity index (χ4v) is 4.49. The summed E-state index contributed by atoms with van der Waals surface area (Å²) in [5, 5.41) is 0. The number of fused-ring (bicyclic) bond motifs is 1. The molecule has 0 bridgehead atoms. The normalized spacial score (nSPS) is 14.9. The van der Waals surface area contributed by atoms with Crippen LogP contribution in [0.2, 0.25) is 0 Å². The first-order valence-corrected chi connectivity index (χ1v) is 9.05. The topological polar surface area (TPSA) is 18.5 Å². The van der Waals surface area contributed by atoms with E-state index in [0.717, 1.165) is 26.0 Å². The van der Waals surface area contributed by atoms with Gasteiger partial charge in [0, 0.05) is 8.95 Å². The highest BCUT2D eigenvalue weighted by Crippen LogP contribution is 2.43. The van der Waals surface area contributed by atoms with Gasteiger partial charge in [-0.15, -0.1) is 0 Å². The lowest BCUT2D eigenvalue weighted by Crippen LogP contribution is -2.15. The Morgan fingerprint density at radius 1 is 0.952 bits per heavy atom. The van der Waals surface area contributed by atoms with Crippen molar-refractivity contribution in [1.82, 2.24) is 0 Å². The number of halogens is 3. The van der Waals surface area contributed by atoms with Crippen LogP contribution >= 0.6 is 47.8 Å². The minimum atomic E-state index is 0.0823. The van der Waals surface area contributed by atoms with E-state index in [1.807, 2.05) is 12.1 Å². The fraction of sp³-hybridized carbons (Fsp3) is 0.250. The molecule has 0 fully saturated rings. The van der Waals surface area contributed by atoms with Gasteiger partial charge in [-0.1, -0.05) is 53.9 Å². The molecule has 0 aromatic heterocycles. The van der Waals surface area contributed by atoms with Gasteiger partial charge < -0.3 is 9.47 Å². The summed E-state index contributed by atoms with van der Waals surface area (Å²) < 4.78 is 13.4. The molecule has 0 aliphatic carbocycles. The molecule has 0 radical (unpaired) electrons. The predicted molar refractivity (Wildman–Crippen MR) is 94.8 cm³/mol. The fourth-order valence-electron chi connectivity index (χ4n) is 2.36. The van der Waals surface area contributed by atoms with Gasteiger partial charge in [-0.2, -0.15) is 0 Å². The Labute approximate surface area is 149 Å². The number of rotatable bonds is 2. The SMILES string of the molecule is Cc1cc(Br)cc(C(Br)c2cc3c(cc2Br)OCCO3)c1. The second kappa shape index (κ2) is 6.31. The highest BCUT2D eigenvalue weighted by Gasteiger charge is 2.20. The number of hydrogen-bond donors (Lipinski definition) is 0. The van der Waals surface area contributed by atoms with Gasteiger partial charge in [0.15, 0.2) is 11.5 Å². The third kappa shape index (κ3) is 3.30. The zero-order chi connectivity index (χ0) is 15.0. The molecule has 0 amide bonds. The van der Waals surface area contributed by atoms with Crippen molar-refractivity contribution in [2.24, 2.45) is 0 Å². The number of benzene rings is 2. The molecule has 5 heteroatoms. The van der Waals surface area contributed by atoms with E-state index in [0.29, 0.717) is 13.2 Å². The molecule has 0 N–H and O–H groups in total. The van der Waals surface area contributed by atoms with Gasteiger partial charge >= 0.3 is 0 Å². The van der Waals surface area contributed by atoms with Crippen molar-refractivity contribution < 1.29 is 9.47 Å². The van der Waals surface area contributed by atoms with Gasteiger partial charge in [0.2, 0.25) is 0 Å². The lowest BCUT2D eigenvalue weighted by molar-refractivity contribution is 0.171. The second-order valence-corrected chi connectivity index (χ2v) is 7.63. The lowest BCUT2D eigenvalue weighted by atomic mass is 10.0. The summed E-state index contributed by atoms with van der Waals surface area (Å²) in [7, 11) is 0. The van der Waals surface area contributed by atoms with Crippen LogP contribution in [0.3, 0.4) is 0 Å². The van der Waals surface area contributed by atoms with Gasteiger partial charge in [0.05, 0.1) is 4.83 Å². The van der Waals surface area contributed by atoms with E-state index in [2.05, 4.69) is 72.9 Å². The van der Waals surface area contributed by atoms with E-state index in [4.69, 9.17) is 9.47 Å². The molecule has 1 heterocycles. The largest absolute Gasteiger partial charge is 0.486 e. The summed E-state index contributed by atoms with van der Waals surface area (Å²) in [6.07, 6.45) is 0. The number of aryl methyl sites for hydroxylation is 1. The average Bonchev–Trinajstić information content (AvgIpc) is 2.44. The highest BCUT2D eigenvalue weighted by molar-refractivity contribution is 9.11. The van der Waals surface area contributed by atoms with Crippen molar-refractivity contribution >= 4 is 47.8 Å². The molecule has 3 rings (SSSR count).